The van der Waals surface area contributed by atoms with Crippen molar-refractivity contribution in [3.05, 3.63) is 83.9 Å². The quantitative estimate of drug-likeness (QED) is 0.585. The topological polar surface area (TPSA) is 17.1 Å². The van der Waals surface area contributed by atoms with Crippen molar-refractivity contribution in [1.29, 1.82) is 0 Å². The molecule has 1 nitrogen and oxygen atoms in total. The lowest BCUT2D eigenvalue weighted by Gasteiger charge is -2.03. The highest BCUT2D eigenvalue weighted by atomic mass is 16.1. The monoisotopic (exact) mass is 248 g/mol. The highest BCUT2D eigenvalue weighted by Crippen LogP contribution is 2.47. The molecule has 1 saturated carbocycles. The Hall–Kier alpha value is -2.15. The first-order valence-corrected chi connectivity index (χ1v) is 6.62. The molecule has 0 aliphatic heterocycles. The lowest BCUT2D eigenvalue weighted by atomic mass is 10.0. The van der Waals surface area contributed by atoms with Crippen molar-refractivity contribution in [2.24, 2.45) is 5.92 Å². The van der Waals surface area contributed by atoms with Crippen molar-refractivity contribution in [2.45, 2.75) is 12.3 Å². The van der Waals surface area contributed by atoms with Gasteiger partial charge in [-0.25, -0.2) is 0 Å². The molecule has 0 amide bonds. The van der Waals surface area contributed by atoms with Gasteiger partial charge >= 0.3 is 0 Å². The predicted molar refractivity (Wildman–Crippen MR) is 77.4 cm³/mol. The Morgan fingerprint density at radius 1 is 1.00 bits per heavy atom. The number of hydrogen-bond donors (Lipinski definition) is 0. The molecule has 0 N–H and O–H groups in total. The number of hydrogen-bond acceptors (Lipinski definition) is 1. The third-order valence-corrected chi connectivity index (χ3v) is 3.78. The number of benzene rings is 2. The van der Waals surface area contributed by atoms with Crippen molar-refractivity contribution in [2.75, 3.05) is 0 Å². The smallest absolute Gasteiger partial charge is 0.193 e. The second-order valence-corrected chi connectivity index (χ2v) is 5.06. The molecule has 1 heteroatoms. The lowest BCUT2D eigenvalue weighted by Crippen LogP contribution is -2.00. The molecule has 1 fully saturated rings. The van der Waals surface area contributed by atoms with Gasteiger partial charge in [-0.2, -0.15) is 0 Å². The van der Waals surface area contributed by atoms with Crippen LogP contribution >= 0.6 is 0 Å². The van der Waals surface area contributed by atoms with Crippen LogP contribution in [0.4, 0.5) is 0 Å². The molecule has 19 heavy (non-hydrogen) atoms. The van der Waals surface area contributed by atoms with Crippen molar-refractivity contribution in [3.63, 3.8) is 0 Å². The van der Waals surface area contributed by atoms with Gasteiger partial charge in [-0.05, 0) is 23.8 Å². The third kappa shape index (κ3) is 2.37. The van der Waals surface area contributed by atoms with Crippen LogP contribution in [0.2, 0.25) is 0 Å². The van der Waals surface area contributed by atoms with Crippen molar-refractivity contribution in [3.8, 4) is 0 Å². The molecule has 0 unspecified atom stereocenters. The minimum Gasteiger partial charge on any atom is -0.289 e. The minimum atomic E-state index is 0.0863. The second kappa shape index (κ2) is 4.85. The first-order valence-electron chi connectivity index (χ1n) is 6.62. The summed E-state index contributed by atoms with van der Waals surface area (Å²) >= 11 is 0. The van der Waals surface area contributed by atoms with Gasteiger partial charge in [-0.1, -0.05) is 60.7 Å². The average Bonchev–Trinajstić information content (AvgIpc) is 3.27. The summed E-state index contributed by atoms with van der Waals surface area (Å²) in [7, 11) is 0. The minimum absolute atomic E-state index is 0.0863. The maximum absolute atomic E-state index is 12.2. The van der Waals surface area contributed by atoms with Gasteiger partial charge in [0.1, 0.15) is 0 Å². The van der Waals surface area contributed by atoms with Crippen LogP contribution in [0.3, 0.4) is 0 Å². The van der Waals surface area contributed by atoms with Gasteiger partial charge in [0.05, 0.1) is 0 Å². The van der Waals surface area contributed by atoms with E-state index in [-0.39, 0.29) is 5.78 Å². The fourth-order valence-corrected chi connectivity index (χ4v) is 2.50. The summed E-state index contributed by atoms with van der Waals surface area (Å²) in [6.45, 7) is 3.83. The Morgan fingerprint density at radius 2 is 1.63 bits per heavy atom. The van der Waals surface area contributed by atoms with Gasteiger partial charge in [-0.15, -0.1) is 6.58 Å². The summed E-state index contributed by atoms with van der Waals surface area (Å²) in [6.07, 6.45) is 3.21. The van der Waals surface area contributed by atoms with Crippen molar-refractivity contribution >= 4 is 5.78 Å². The molecule has 0 radical (unpaired) electrons. The number of rotatable bonds is 4. The zero-order chi connectivity index (χ0) is 13.2. The summed E-state index contributed by atoms with van der Waals surface area (Å²) in [5.41, 5.74) is 2.81. The van der Waals surface area contributed by atoms with E-state index in [4.69, 9.17) is 0 Å². The molecule has 2 atom stereocenters. The number of ketones is 1. The van der Waals surface area contributed by atoms with Crippen LogP contribution in [0.25, 0.3) is 0 Å². The molecule has 1 aliphatic carbocycles. The van der Waals surface area contributed by atoms with E-state index in [0.29, 0.717) is 11.8 Å². The largest absolute Gasteiger partial charge is 0.289 e. The molecule has 0 aromatic heterocycles. The van der Waals surface area contributed by atoms with Crippen LogP contribution in [-0.4, -0.2) is 5.78 Å². The van der Waals surface area contributed by atoms with E-state index < -0.39 is 0 Å². The van der Waals surface area contributed by atoms with Crippen LogP contribution < -0.4 is 0 Å². The molecule has 0 bridgehead atoms. The molecule has 0 spiro atoms. The van der Waals surface area contributed by atoms with Gasteiger partial charge in [0, 0.05) is 11.1 Å². The summed E-state index contributed by atoms with van der Waals surface area (Å²) in [6, 6.07) is 17.4. The number of allylic oxidation sites excluding steroid dienone is 1. The SMILES string of the molecule is C=C[C@@H]1C[C@H]1c1ccc(C(=O)c2ccccc2)cc1. The van der Waals surface area contributed by atoms with Gasteiger partial charge in [0.25, 0.3) is 0 Å². The van der Waals surface area contributed by atoms with Crippen LogP contribution in [0.15, 0.2) is 67.3 Å². The first-order chi connectivity index (χ1) is 9.29. The number of carbonyl (C=O) groups excluding carboxylic acids is 1. The zero-order valence-corrected chi connectivity index (χ0v) is 10.8. The molecule has 2 aromatic rings. The Labute approximate surface area is 113 Å². The van der Waals surface area contributed by atoms with Gasteiger partial charge in [0.2, 0.25) is 0 Å². The van der Waals surface area contributed by atoms with Crippen LogP contribution in [-0.2, 0) is 0 Å². The maximum Gasteiger partial charge on any atom is 0.193 e. The Bertz CT molecular complexity index is 595. The standard InChI is InChI=1S/C18H16O/c1-2-13-12-17(13)14-8-10-16(11-9-14)18(19)15-6-4-3-5-7-15/h2-11,13,17H,1,12H2/t13-,17-/m1/s1. The molecule has 1 aliphatic rings. The Kier molecular flexibility index (Phi) is 3.04. The molecular weight excluding hydrogens is 232 g/mol. The van der Waals surface area contributed by atoms with Crippen LogP contribution in [0, 0.1) is 5.92 Å². The summed E-state index contributed by atoms with van der Waals surface area (Å²) in [5, 5.41) is 0. The van der Waals surface area contributed by atoms with E-state index in [0.717, 1.165) is 11.1 Å². The molecular formula is C18H16O. The van der Waals surface area contributed by atoms with E-state index >= 15 is 0 Å². The van der Waals surface area contributed by atoms with E-state index in [1.807, 2.05) is 48.5 Å². The van der Waals surface area contributed by atoms with E-state index in [1.165, 1.54) is 12.0 Å². The van der Waals surface area contributed by atoms with Gasteiger partial charge < -0.3 is 0 Å². The second-order valence-electron chi connectivity index (χ2n) is 5.06. The van der Waals surface area contributed by atoms with E-state index in [1.54, 1.807) is 0 Å². The van der Waals surface area contributed by atoms with Crippen molar-refractivity contribution < 1.29 is 4.79 Å². The number of carbonyl (C=O) groups is 1. The fourth-order valence-electron chi connectivity index (χ4n) is 2.50. The fraction of sp³-hybridized carbons (Fsp3) is 0.167. The molecule has 2 aromatic carbocycles. The van der Waals surface area contributed by atoms with Gasteiger partial charge in [0.15, 0.2) is 5.78 Å². The first kappa shape index (κ1) is 11.9. The maximum atomic E-state index is 12.2. The zero-order valence-electron chi connectivity index (χ0n) is 10.8. The molecule has 94 valence electrons. The summed E-state index contributed by atoms with van der Waals surface area (Å²) in [4.78, 5) is 12.2. The Morgan fingerprint density at radius 3 is 2.21 bits per heavy atom. The highest BCUT2D eigenvalue weighted by molar-refractivity contribution is 6.08. The third-order valence-electron chi connectivity index (χ3n) is 3.78. The molecule has 0 heterocycles. The average molecular weight is 248 g/mol. The predicted octanol–water partition coefficient (Wildman–Crippen LogP) is 4.21. The normalized spacial score (nSPS) is 20.8. The Balaban J connectivity index is 1.80. The molecule has 0 saturated heterocycles. The highest BCUT2D eigenvalue weighted by Gasteiger charge is 2.35. The van der Waals surface area contributed by atoms with E-state index in [2.05, 4.69) is 18.7 Å². The van der Waals surface area contributed by atoms with Gasteiger partial charge in [-0.3, -0.25) is 4.79 Å². The molecule has 3 rings (SSSR count). The van der Waals surface area contributed by atoms with Crippen LogP contribution in [0.5, 0.6) is 0 Å². The van der Waals surface area contributed by atoms with Crippen LogP contribution in [0.1, 0.15) is 33.8 Å². The summed E-state index contributed by atoms with van der Waals surface area (Å²) < 4.78 is 0. The summed E-state index contributed by atoms with van der Waals surface area (Å²) in [5.74, 6) is 1.32. The lowest BCUT2D eigenvalue weighted by molar-refractivity contribution is 0.103. The van der Waals surface area contributed by atoms with Crippen molar-refractivity contribution in [1.82, 2.24) is 0 Å². The van der Waals surface area contributed by atoms with E-state index in [9.17, 15) is 4.79 Å².